The van der Waals surface area contributed by atoms with E-state index < -0.39 is 9.84 Å². The van der Waals surface area contributed by atoms with Crippen molar-refractivity contribution in [1.82, 2.24) is 19.2 Å². The van der Waals surface area contributed by atoms with Gasteiger partial charge < -0.3 is 4.57 Å². The summed E-state index contributed by atoms with van der Waals surface area (Å²) in [4.78, 5) is 2.33. The van der Waals surface area contributed by atoms with Gasteiger partial charge in [0.1, 0.15) is 5.82 Å². The second-order valence-electron chi connectivity index (χ2n) is 5.77. The lowest BCUT2D eigenvalue weighted by atomic mass is 10.1. The molecule has 0 spiro atoms. The highest BCUT2D eigenvalue weighted by atomic mass is 32.2. The van der Waals surface area contributed by atoms with E-state index in [2.05, 4.69) is 10.00 Å². The molecule has 3 heterocycles. The zero-order valence-electron chi connectivity index (χ0n) is 11.7. The van der Waals surface area contributed by atoms with E-state index in [1.165, 1.54) is 12.8 Å². The van der Waals surface area contributed by atoms with Crippen LogP contribution in [0, 0.1) is 4.77 Å². The van der Waals surface area contributed by atoms with Gasteiger partial charge in [-0.05, 0) is 44.6 Å². The van der Waals surface area contributed by atoms with Gasteiger partial charge in [-0.2, -0.15) is 5.10 Å². The second kappa shape index (κ2) is 5.23. The Morgan fingerprint density at radius 3 is 2.65 bits per heavy atom. The van der Waals surface area contributed by atoms with Crippen LogP contribution >= 0.6 is 12.2 Å². The quantitative estimate of drug-likeness (QED) is 0.776. The van der Waals surface area contributed by atoms with Gasteiger partial charge >= 0.3 is 0 Å². The minimum atomic E-state index is -2.89. The highest BCUT2D eigenvalue weighted by Gasteiger charge is 2.32. The van der Waals surface area contributed by atoms with Crippen molar-refractivity contribution in [2.24, 2.45) is 7.05 Å². The molecule has 0 aliphatic carbocycles. The molecule has 20 heavy (non-hydrogen) atoms. The van der Waals surface area contributed by atoms with Gasteiger partial charge in [0.2, 0.25) is 0 Å². The average molecular weight is 316 g/mol. The van der Waals surface area contributed by atoms with Gasteiger partial charge in [-0.15, -0.1) is 0 Å². The predicted molar refractivity (Wildman–Crippen MR) is 78.9 cm³/mol. The number of hydrogen-bond acceptors (Lipinski definition) is 5. The van der Waals surface area contributed by atoms with Gasteiger partial charge in [0, 0.05) is 13.0 Å². The number of likely N-dealkylation sites (tertiary alicyclic amines) is 1. The zero-order valence-corrected chi connectivity index (χ0v) is 13.3. The molecule has 0 aromatic carbocycles. The first kappa shape index (κ1) is 14.2. The molecule has 8 heteroatoms. The predicted octanol–water partition coefficient (Wildman–Crippen LogP) is 0.906. The van der Waals surface area contributed by atoms with Crippen molar-refractivity contribution in [3.63, 3.8) is 0 Å². The summed E-state index contributed by atoms with van der Waals surface area (Å²) in [7, 11) is -1.01. The molecular weight excluding hydrogens is 296 g/mol. The third-order valence-corrected chi connectivity index (χ3v) is 6.46. The van der Waals surface area contributed by atoms with Crippen LogP contribution in [0.4, 0.5) is 0 Å². The molecule has 1 atom stereocenters. The van der Waals surface area contributed by atoms with Crippen LogP contribution < -0.4 is 0 Å². The van der Waals surface area contributed by atoms with Gasteiger partial charge in [0.25, 0.3) is 0 Å². The van der Waals surface area contributed by atoms with Crippen LogP contribution in [-0.2, 0) is 23.6 Å². The van der Waals surface area contributed by atoms with Crippen LogP contribution in [-0.4, -0.2) is 52.3 Å². The van der Waals surface area contributed by atoms with E-state index in [0.717, 1.165) is 18.9 Å². The summed E-state index contributed by atoms with van der Waals surface area (Å²) in [6.07, 6.45) is 3.12. The van der Waals surface area contributed by atoms with Gasteiger partial charge in [0.05, 0.1) is 18.2 Å². The van der Waals surface area contributed by atoms with Crippen molar-refractivity contribution in [3.8, 4) is 0 Å². The number of rotatable bonds is 3. The van der Waals surface area contributed by atoms with Gasteiger partial charge in [-0.25, -0.2) is 13.1 Å². The van der Waals surface area contributed by atoms with E-state index in [1.54, 1.807) is 0 Å². The number of hydrogen-bond donors (Lipinski definition) is 0. The highest BCUT2D eigenvalue weighted by molar-refractivity contribution is 7.91. The lowest BCUT2D eigenvalue weighted by molar-refractivity contribution is 0.252. The van der Waals surface area contributed by atoms with Crippen molar-refractivity contribution >= 4 is 22.1 Å². The van der Waals surface area contributed by atoms with E-state index in [1.807, 2.05) is 16.3 Å². The van der Waals surface area contributed by atoms with Crippen LogP contribution in [0.5, 0.6) is 0 Å². The normalized spacial score (nSPS) is 26.4. The van der Waals surface area contributed by atoms with Crippen LogP contribution in [0.15, 0.2) is 0 Å². The average Bonchev–Trinajstić information content (AvgIpc) is 3.07. The van der Waals surface area contributed by atoms with Gasteiger partial charge in [0.15, 0.2) is 14.6 Å². The van der Waals surface area contributed by atoms with Crippen LogP contribution in [0.3, 0.4) is 0 Å². The van der Waals surface area contributed by atoms with E-state index >= 15 is 0 Å². The maximum absolute atomic E-state index is 11.6. The lowest BCUT2D eigenvalue weighted by Gasteiger charge is -2.13. The molecule has 2 aliphatic rings. The Balaban J connectivity index is 1.84. The summed E-state index contributed by atoms with van der Waals surface area (Å²) in [5.74, 6) is 1.28. The fourth-order valence-corrected chi connectivity index (χ4v) is 5.00. The summed E-state index contributed by atoms with van der Waals surface area (Å²) in [6, 6.07) is 0. The number of sulfone groups is 1. The first-order chi connectivity index (χ1) is 9.46. The Bertz CT molecular complexity index is 655. The molecule has 2 fully saturated rings. The second-order valence-corrected chi connectivity index (χ2v) is 8.36. The third-order valence-electron chi connectivity index (χ3n) is 4.20. The van der Waals surface area contributed by atoms with Gasteiger partial charge in [-0.3, -0.25) is 4.90 Å². The molecule has 0 amide bonds. The highest BCUT2D eigenvalue weighted by Crippen LogP contribution is 2.27. The molecule has 3 rings (SSSR count). The van der Waals surface area contributed by atoms with Crippen molar-refractivity contribution in [3.05, 3.63) is 10.6 Å². The zero-order chi connectivity index (χ0) is 14.3. The van der Waals surface area contributed by atoms with Gasteiger partial charge in [-0.1, -0.05) is 0 Å². The van der Waals surface area contributed by atoms with E-state index in [-0.39, 0.29) is 17.4 Å². The molecule has 1 aromatic rings. The monoisotopic (exact) mass is 316 g/mol. The minimum Gasteiger partial charge on any atom is -0.307 e. The molecule has 112 valence electrons. The molecule has 6 nitrogen and oxygen atoms in total. The number of aromatic nitrogens is 3. The fourth-order valence-electron chi connectivity index (χ4n) is 3.06. The number of nitrogens with zero attached hydrogens (tertiary/aromatic N) is 4. The van der Waals surface area contributed by atoms with Crippen molar-refractivity contribution in [1.29, 1.82) is 0 Å². The van der Waals surface area contributed by atoms with Crippen molar-refractivity contribution in [2.45, 2.75) is 31.8 Å². The Hall–Kier alpha value is -0.730. The molecule has 0 bridgehead atoms. The molecule has 2 aliphatic heterocycles. The van der Waals surface area contributed by atoms with E-state index in [9.17, 15) is 8.42 Å². The van der Waals surface area contributed by atoms with Crippen LogP contribution in [0.25, 0.3) is 0 Å². The largest absolute Gasteiger partial charge is 0.307 e. The summed E-state index contributed by atoms with van der Waals surface area (Å²) < 4.78 is 27.6. The summed E-state index contributed by atoms with van der Waals surface area (Å²) in [5.41, 5.74) is 0. The Labute approximate surface area is 124 Å². The molecule has 2 saturated heterocycles. The standard InChI is InChI=1S/C12H20N4O2S2/c1-14-11(10-4-7-20(17,18)8-10)13-16(12(14)19)9-15-5-2-3-6-15/h10H,2-9H2,1H3/t10-/m1/s1. The molecular formula is C12H20N4O2S2. The molecule has 0 saturated carbocycles. The molecule has 0 radical (unpaired) electrons. The van der Waals surface area contributed by atoms with E-state index in [0.29, 0.717) is 17.9 Å². The maximum Gasteiger partial charge on any atom is 0.198 e. The van der Waals surface area contributed by atoms with E-state index in [4.69, 9.17) is 12.2 Å². The fraction of sp³-hybridized carbons (Fsp3) is 0.833. The Kier molecular flexibility index (Phi) is 3.72. The first-order valence-electron chi connectivity index (χ1n) is 7.03. The third kappa shape index (κ3) is 2.68. The summed E-state index contributed by atoms with van der Waals surface area (Å²) >= 11 is 5.43. The SMILES string of the molecule is Cn1c([C@@H]2CCS(=O)(=O)C2)nn(CN2CCCC2)c1=S. The van der Waals surface area contributed by atoms with Crippen molar-refractivity contribution in [2.75, 3.05) is 24.6 Å². The summed E-state index contributed by atoms with van der Waals surface area (Å²) in [5, 5.41) is 4.59. The Morgan fingerprint density at radius 1 is 1.35 bits per heavy atom. The van der Waals surface area contributed by atoms with Crippen LogP contribution in [0.2, 0.25) is 0 Å². The Morgan fingerprint density at radius 2 is 2.05 bits per heavy atom. The molecule has 0 N–H and O–H groups in total. The lowest BCUT2D eigenvalue weighted by Crippen LogP contribution is -2.23. The molecule has 0 unspecified atom stereocenters. The van der Waals surface area contributed by atoms with Crippen LogP contribution in [0.1, 0.15) is 31.0 Å². The smallest absolute Gasteiger partial charge is 0.198 e. The van der Waals surface area contributed by atoms with Crippen molar-refractivity contribution < 1.29 is 8.42 Å². The molecule has 1 aromatic heterocycles. The first-order valence-corrected chi connectivity index (χ1v) is 9.26. The summed E-state index contributed by atoms with van der Waals surface area (Å²) in [6.45, 7) is 2.89. The maximum atomic E-state index is 11.6. The minimum absolute atomic E-state index is 0.00784. The topological polar surface area (TPSA) is 60.1 Å².